The molecule has 2 rings (SSSR count). The molecule has 1 aromatic heterocycles. The molecule has 1 heterocycles. The number of urea groups is 1. The molecule has 7 nitrogen and oxygen atoms in total. The van der Waals surface area contributed by atoms with Gasteiger partial charge in [0.1, 0.15) is 5.82 Å². The van der Waals surface area contributed by atoms with E-state index in [0.29, 0.717) is 17.1 Å². The molecule has 3 N–H and O–H groups in total. The number of carbonyl (C=O) groups excluding carboxylic acids is 1. The lowest BCUT2D eigenvalue weighted by Crippen LogP contribution is -2.20. The van der Waals surface area contributed by atoms with Crippen LogP contribution in [-0.4, -0.2) is 21.2 Å². The minimum absolute atomic E-state index is 0.207. The zero-order chi connectivity index (χ0) is 13.0. The molecule has 18 heavy (non-hydrogen) atoms. The second kappa shape index (κ2) is 4.97. The molecule has 2 aromatic rings. The molecule has 0 fully saturated rings. The normalized spacial score (nSPS) is 9.56. The maximum Gasteiger partial charge on any atom is 0.326 e. The standard InChI is InChI=1S/C11H10N6O/c1-7-13-10(17-16-7)15-11(18)14-9-4-2-8(6-12)3-5-9/h2-5H,1H3,(H3,13,14,15,16,17,18). The highest BCUT2D eigenvalue weighted by molar-refractivity contribution is 5.98. The number of rotatable bonds is 2. The molecule has 0 bridgehead atoms. The highest BCUT2D eigenvalue weighted by atomic mass is 16.2. The Labute approximate surface area is 103 Å². The molecular weight excluding hydrogens is 232 g/mol. The van der Waals surface area contributed by atoms with Gasteiger partial charge in [-0.3, -0.25) is 10.4 Å². The van der Waals surface area contributed by atoms with Crippen molar-refractivity contribution in [1.82, 2.24) is 15.2 Å². The average Bonchev–Trinajstić information content (AvgIpc) is 2.75. The maximum absolute atomic E-state index is 11.6. The first-order chi connectivity index (χ1) is 8.67. The minimum Gasteiger partial charge on any atom is -0.308 e. The first-order valence-corrected chi connectivity index (χ1v) is 5.14. The van der Waals surface area contributed by atoms with Crippen LogP contribution < -0.4 is 10.6 Å². The average molecular weight is 242 g/mol. The number of hydrogen-bond acceptors (Lipinski definition) is 4. The van der Waals surface area contributed by atoms with Crippen molar-refractivity contribution < 1.29 is 4.79 Å². The lowest BCUT2D eigenvalue weighted by Gasteiger charge is -2.04. The summed E-state index contributed by atoms with van der Waals surface area (Å²) in [5.74, 6) is 0.822. The van der Waals surface area contributed by atoms with Crippen LogP contribution in [0.3, 0.4) is 0 Å². The SMILES string of the molecule is Cc1nc(NC(=O)Nc2ccc(C#N)cc2)n[nH]1. The minimum atomic E-state index is -0.446. The van der Waals surface area contributed by atoms with E-state index in [1.807, 2.05) is 6.07 Å². The van der Waals surface area contributed by atoms with Crippen molar-refractivity contribution in [3.05, 3.63) is 35.7 Å². The summed E-state index contributed by atoms with van der Waals surface area (Å²) < 4.78 is 0. The highest BCUT2D eigenvalue weighted by Gasteiger charge is 2.05. The summed E-state index contributed by atoms with van der Waals surface area (Å²) in [5, 5.41) is 20.1. The zero-order valence-electron chi connectivity index (χ0n) is 9.56. The van der Waals surface area contributed by atoms with E-state index in [-0.39, 0.29) is 5.95 Å². The van der Waals surface area contributed by atoms with Crippen molar-refractivity contribution in [2.45, 2.75) is 6.92 Å². The van der Waals surface area contributed by atoms with Gasteiger partial charge in [0.2, 0.25) is 5.95 Å². The number of aromatic nitrogens is 3. The van der Waals surface area contributed by atoms with Crippen molar-refractivity contribution in [2.24, 2.45) is 0 Å². The number of benzene rings is 1. The van der Waals surface area contributed by atoms with Crippen LogP contribution in [0.5, 0.6) is 0 Å². The van der Waals surface area contributed by atoms with Gasteiger partial charge in [-0.2, -0.15) is 10.2 Å². The largest absolute Gasteiger partial charge is 0.326 e. The lowest BCUT2D eigenvalue weighted by atomic mass is 10.2. The number of carbonyl (C=O) groups is 1. The van der Waals surface area contributed by atoms with Crippen LogP contribution in [0.15, 0.2) is 24.3 Å². The molecule has 0 saturated heterocycles. The van der Waals surface area contributed by atoms with Crippen LogP contribution in [0, 0.1) is 18.3 Å². The third kappa shape index (κ3) is 2.82. The van der Waals surface area contributed by atoms with E-state index in [1.54, 1.807) is 31.2 Å². The second-order valence-corrected chi connectivity index (χ2v) is 3.51. The van der Waals surface area contributed by atoms with Crippen LogP contribution >= 0.6 is 0 Å². The first kappa shape index (κ1) is 11.6. The van der Waals surface area contributed by atoms with Gasteiger partial charge in [0.25, 0.3) is 0 Å². The monoisotopic (exact) mass is 242 g/mol. The number of anilines is 2. The van der Waals surface area contributed by atoms with E-state index in [2.05, 4.69) is 25.8 Å². The molecule has 7 heteroatoms. The third-order valence-electron chi connectivity index (χ3n) is 2.09. The van der Waals surface area contributed by atoms with Crippen molar-refractivity contribution in [3.8, 4) is 6.07 Å². The van der Waals surface area contributed by atoms with Crippen molar-refractivity contribution in [2.75, 3.05) is 10.6 Å². The van der Waals surface area contributed by atoms with Crippen LogP contribution in [0.1, 0.15) is 11.4 Å². The van der Waals surface area contributed by atoms with Gasteiger partial charge in [-0.1, -0.05) is 0 Å². The number of nitrogens with zero attached hydrogens (tertiary/aromatic N) is 3. The summed E-state index contributed by atoms with van der Waals surface area (Å²) in [6.45, 7) is 1.73. The van der Waals surface area contributed by atoms with Gasteiger partial charge < -0.3 is 5.32 Å². The number of H-pyrrole nitrogens is 1. The molecule has 0 unspecified atom stereocenters. The molecule has 0 spiro atoms. The van der Waals surface area contributed by atoms with E-state index in [1.165, 1.54) is 0 Å². The summed E-state index contributed by atoms with van der Waals surface area (Å²) in [7, 11) is 0. The number of aromatic amines is 1. The van der Waals surface area contributed by atoms with E-state index in [4.69, 9.17) is 5.26 Å². The number of nitrogens with one attached hydrogen (secondary N) is 3. The first-order valence-electron chi connectivity index (χ1n) is 5.14. The Bertz CT molecular complexity index is 595. The number of aryl methyl sites for hydroxylation is 1. The van der Waals surface area contributed by atoms with Crippen LogP contribution in [0.4, 0.5) is 16.4 Å². The predicted octanol–water partition coefficient (Wildman–Crippen LogP) is 1.63. The Morgan fingerprint density at radius 2 is 2.06 bits per heavy atom. The molecule has 0 aliphatic carbocycles. The Morgan fingerprint density at radius 1 is 1.33 bits per heavy atom. The number of nitriles is 1. The quantitative estimate of drug-likeness (QED) is 0.743. The second-order valence-electron chi connectivity index (χ2n) is 3.51. The molecule has 0 radical (unpaired) electrons. The van der Waals surface area contributed by atoms with Crippen LogP contribution in [0.25, 0.3) is 0 Å². The van der Waals surface area contributed by atoms with E-state index >= 15 is 0 Å². The lowest BCUT2D eigenvalue weighted by molar-refractivity contribution is 0.262. The fourth-order valence-electron chi connectivity index (χ4n) is 1.29. The van der Waals surface area contributed by atoms with Gasteiger partial charge in [0, 0.05) is 5.69 Å². The van der Waals surface area contributed by atoms with E-state index < -0.39 is 6.03 Å². The van der Waals surface area contributed by atoms with Crippen molar-refractivity contribution >= 4 is 17.7 Å². The molecule has 0 aliphatic rings. The zero-order valence-corrected chi connectivity index (χ0v) is 9.56. The van der Waals surface area contributed by atoms with Gasteiger partial charge in [0.05, 0.1) is 11.6 Å². The van der Waals surface area contributed by atoms with Gasteiger partial charge in [-0.15, -0.1) is 5.10 Å². The smallest absolute Gasteiger partial charge is 0.308 e. The van der Waals surface area contributed by atoms with Crippen LogP contribution in [0.2, 0.25) is 0 Å². The van der Waals surface area contributed by atoms with Gasteiger partial charge >= 0.3 is 6.03 Å². The van der Waals surface area contributed by atoms with Gasteiger partial charge in [-0.25, -0.2) is 4.79 Å². The number of hydrogen-bond donors (Lipinski definition) is 3. The maximum atomic E-state index is 11.6. The third-order valence-corrected chi connectivity index (χ3v) is 2.09. The van der Waals surface area contributed by atoms with Crippen molar-refractivity contribution in [1.29, 1.82) is 5.26 Å². The number of amides is 2. The van der Waals surface area contributed by atoms with E-state index in [9.17, 15) is 4.79 Å². The topological polar surface area (TPSA) is 106 Å². The Kier molecular flexibility index (Phi) is 3.20. The summed E-state index contributed by atoms with van der Waals surface area (Å²) in [5.41, 5.74) is 1.12. The molecule has 2 amide bonds. The fourth-order valence-corrected chi connectivity index (χ4v) is 1.29. The van der Waals surface area contributed by atoms with Gasteiger partial charge in [0.15, 0.2) is 0 Å². The summed E-state index contributed by atoms with van der Waals surface area (Å²) in [6.07, 6.45) is 0. The Balaban J connectivity index is 1.96. The molecule has 0 saturated carbocycles. The Hall–Kier alpha value is -2.88. The van der Waals surface area contributed by atoms with Crippen LogP contribution in [-0.2, 0) is 0 Å². The Morgan fingerprint density at radius 3 is 2.61 bits per heavy atom. The van der Waals surface area contributed by atoms with E-state index in [0.717, 1.165) is 0 Å². The predicted molar refractivity (Wildman–Crippen MR) is 64.9 cm³/mol. The summed E-state index contributed by atoms with van der Waals surface area (Å²) >= 11 is 0. The summed E-state index contributed by atoms with van der Waals surface area (Å²) in [6, 6.07) is 8.07. The molecule has 0 atom stereocenters. The van der Waals surface area contributed by atoms with Gasteiger partial charge in [-0.05, 0) is 31.2 Å². The highest BCUT2D eigenvalue weighted by Crippen LogP contribution is 2.09. The molecular formula is C11H10N6O. The molecule has 1 aromatic carbocycles. The summed E-state index contributed by atoms with van der Waals surface area (Å²) in [4.78, 5) is 15.5. The fraction of sp³-hybridized carbons (Fsp3) is 0.0909. The van der Waals surface area contributed by atoms with Crippen molar-refractivity contribution in [3.63, 3.8) is 0 Å². The molecule has 90 valence electrons. The molecule has 0 aliphatic heterocycles.